The molecule has 3 unspecified atom stereocenters. The second-order valence-electron chi connectivity index (χ2n) is 7.01. The van der Waals surface area contributed by atoms with Crippen molar-refractivity contribution in [3.05, 3.63) is 43.0 Å². The molecule has 3 atom stereocenters. The van der Waals surface area contributed by atoms with Gasteiger partial charge in [0.05, 0.1) is 0 Å². The van der Waals surface area contributed by atoms with E-state index in [0.717, 1.165) is 18.9 Å². The first-order chi connectivity index (χ1) is 13.5. The highest BCUT2D eigenvalue weighted by atomic mass is 16.3. The summed E-state index contributed by atoms with van der Waals surface area (Å²) in [6.07, 6.45) is 5.83. The maximum Gasteiger partial charge on any atom is 0.227 e. The summed E-state index contributed by atoms with van der Waals surface area (Å²) in [4.78, 5) is 26.2. The molecule has 4 rings (SSSR count). The van der Waals surface area contributed by atoms with Crippen LogP contribution in [-0.4, -0.2) is 65.0 Å². The van der Waals surface area contributed by atoms with Crippen molar-refractivity contribution in [1.82, 2.24) is 34.7 Å². The number of rotatable bonds is 4. The quantitative estimate of drug-likeness (QED) is 0.708. The standard InChI is InChI=1S/C18H23N9O/c1-12-8-25(18-21-7-4-15(24-18)26-11-19-10-22-26)9-13(2)27(12)16-5-6-20-17(23-16)14(3)28/h4-7,10-14,28H,8-9H2,1-3H3. The second-order valence-corrected chi connectivity index (χ2v) is 7.01. The summed E-state index contributed by atoms with van der Waals surface area (Å²) >= 11 is 0. The van der Waals surface area contributed by atoms with E-state index in [1.165, 1.54) is 6.33 Å². The molecule has 1 fully saturated rings. The van der Waals surface area contributed by atoms with Crippen LogP contribution in [0.2, 0.25) is 0 Å². The van der Waals surface area contributed by atoms with Gasteiger partial charge in [-0.15, -0.1) is 0 Å². The van der Waals surface area contributed by atoms with Crippen molar-refractivity contribution in [3.8, 4) is 5.82 Å². The van der Waals surface area contributed by atoms with Crippen LogP contribution in [0.4, 0.5) is 11.8 Å². The van der Waals surface area contributed by atoms with E-state index in [-0.39, 0.29) is 12.1 Å². The van der Waals surface area contributed by atoms with Gasteiger partial charge in [0.25, 0.3) is 0 Å². The van der Waals surface area contributed by atoms with Crippen molar-refractivity contribution in [3.63, 3.8) is 0 Å². The summed E-state index contributed by atoms with van der Waals surface area (Å²) in [5.41, 5.74) is 0. The Morgan fingerprint density at radius 3 is 2.43 bits per heavy atom. The third kappa shape index (κ3) is 3.50. The van der Waals surface area contributed by atoms with Gasteiger partial charge in [-0.2, -0.15) is 10.1 Å². The molecule has 3 aromatic heterocycles. The smallest absolute Gasteiger partial charge is 0.227 e. The van der Waals surface area contributed by atoms with Crippen LogP contribution < -0.4 is 9.80 Å². The predicted molar refractivity (Wildman–Crippen MR) is 103 cm³/mol. The van der Waals surface area contributed by atoms with Crippen LogP contribution in [0.1, 0.15) is 32.7 Å². The Kier molecular flexibility index (Phi) is 4.86. The Morgan fingerprint density at radius 2 is 1.75 bits per heavy atom. The zero-order valence-corrected chi connectivity index (χ0v) is 16.1. The minimum Gasteiger partial charge on any atom is -0.385 e. The molecular weight excluding hydrogens is 358 g/mol. The van der Waals surface area contributed by atoms with Crippen LogP contribution in [0.5, 0.6) is 0 Å². The molecule has 1 aliphatic rings. The third-order valence-electron chi connectivity index (χ3n) is 4.78. The Hall–Kier alpha value is -3.14. The van der Waals surface area contributed by atoms with Crippen LogP contribution in [-0.2, 0) is 0 Å². The number of hydrogen-bond donors (Lipinski definition) is 1. The van der Waals surface area contributed by atoms with E-state index >= 15 is 0 Å². The molecule has 0 saturated carbocycles. The molecule has 10 nitrogen and oxygen atoms in total. The highest BCUT2D eigenvalue weighted by Crippen LogP contribution is 2.25. The van der Waals surface area contributed by atoms with E-state index in [1.54, 1.807) is 36.4 Å². The molecule has 0 amide bonds. The van der Waals surface area contributed by atoms with E-state index in [0.29, 0.717) is 17.6 Å². The Morgan fingerprint density at radius 1 is 1.04 bits per heavy atom. The molecule has 4 heterocycles. The van der Waals surface area contributed by atoms with Crippen LogP contribution in [0.15, 0.2) is 37.2 Å². The fourth-order valence-electron chi connectivity index (χ4n) is 3.59. The van der Waals surface area contributed by atoms with Gasteiger partial charge in [-0.05, 0) is 26.8 Å². The molecule has 1 N–H and O–H groups in total. The van der Waals surface area contributed by atoms with E-state index < -0.39 is 6.10 Å². The van der Waals surface area contributed by atoms with Gasteiger partial charge < -0.3 is 14.9 Å². The van der Waals surface area contributed by atoms with Gasteiger partial charge in [-0.3, -0.25) is 0 Å². The van der Waals surface area contributed by atoms with Crippen molar-refractivity contribution < 1.29 is 5.11 Å². The first-order valence-corrected chi connectivity index (χ1v) is 9.25. The van der Waals surface area contributed by atoms with Crippen molar-refractivity contribution in [2.24, 2.45) is 0 Å². The maximum atomic E-state index is 9.79. The SMILES string of the molecule is CC(O)c1nccc(N2C(C)CN(c3nccc(-n4cncn4)n3)CC2C)n1. The number of hydrogen-bond acceptors (Lipinski definition) is 9. The maximum absolute atomic E-state index is 9.79. The molecule has 0 radical (unpaired) electrons. The summed E-state index contributed by atoms with van der Waals surface area (Å²) in [6, 6.07) is 4.05. The molecule has 0 bridgehead atoms. The van der Waals surface area contributed by atoms with Crippen molar-refractivity contribution in [1.29, 1.82) is 0 Å². The average Bonchev–Trinajstić information content (AvgIpc) is 3.23. The second kappa shape index (κ2) is 7.47. The van der Waals surface area contributed by atoms with Gasteiger partial charge in [-0.25, -0.2) is 24.6 Å². The summed E-state index contributed by atoms with van der Waals surface area (Å²) in [7, 11) is 0. The van der Waals surface area contributed by atoms with Crippen LogP contribution >= 0.6 is 0 Å². The summed E-state index contributed by atoms with van der Waals surface area (Å²) in [6.45, 7) is 7.46. The van der Waals surface area contributed by atoms with E-state index in [2.05, 4.69) is 53.7 Å². The van der Waals surface area contributed by atoms with Gasteiger partial charge in [0.2, 0.25) is 5.95 Å². The van der Waals surface area contributed by atoms with Gasteiger partial charge in [0.15, 0.2) is 11.6 Å². The van der Waals surface area contributed by atoms with Crippen LogP contribution in [0, 0.1) is 0 Å². The predicted octanol–water partition coefficient (Wildman–Crippen LogP) is 1.00. The number of aliphatic hydroxyl groups excluding tert-OH is 1. The molecule has 1 saturated heterocycles. The summed E-state index contributed by atoms with van der Waals surface area (Å²) < 4.78 is 1.62. The third-order valence-corrected chi connectivity index (χ3v) is 4.78. The van der Waals surface area contributed by atoms with Gasteiger partial charge in [0.1, 0.15) is 24.6 Å². The fourth-order valence-corrected chi connectivity index (χ4v) is 3.59. The molecule has 0 aromatic carbocycles. The number of nitrogens with zero attached hydrogens (tertiary/aromatic N) is 9. The lowest BCUT2D eigenvalue weighted by molar-refractivity contribution is 0.189. The van der Waals surface area contributed by atoms with E-state index in [4.69, 9.17) is 0 Å². The molecule has 10 heteroatoms. The first kappa shape index (κ1) is 18.2. The van der Waals surface area contributed by atoms with Crippen molar-refractivity contribution in [2.75, 3.05) is 22.9 Å². The molecule has 3 aromatic rings. The van der Waals surface area contributed by atoms with Gasteiger partial charge >= 0.3 is 0 Å². The molecule has 28 heavy (non-hydrogen) atoms. The lowest BCUT2D eigenvalue weighted by atomic mass is 10.1. The number of aromatic nitrogens is 7. The summed E-state index contributed by atoms with van der Waals surface area (Å²) in [5, 5.41) is 13.9. The zero-order valence-electron chi connectivity index (χ0n) is 16.1. The van der Waals surface area contributed by atoms with E-state index in [9.17, 15) is 5.11 Å². The highest BCUT2D eigenvalue weighted by molar-refractivity contribution is 5.46. The Bertz CT molecular complexity index is 918. The van der Waals surface area contributed by atoms with Gasteiger partial charge in [0, 0.05) is 43.6 Å². The lowest BCUT2D eigenvalue weighted by Crippen LogP contribution is -2.57. The largest absolute Gasteiger partial charge is 0.385 e. The van der Waals surface area contributed by atoms with Gasteiger partial charge in [-0.1, -0.05) is 0 Å². The number of aliphatic hydroxyl groups is 1. The van der Waals surface area contributed by atoms with Crippen LogP contribution in [0.3, 0.4) is 0 Å². The van der Waals surface area contributed by atoms with E-state index in [1.807, 2.05) is 6.07 Å². The monoisotopic (exact) mass is 381 g/mol. The molecule has 0 aliphatic carbocycles. The average molecular weight is 381 g/mol. The minimum absolute atomic E-state index is 0.180. The van der Waals surface area contributed by atoms with Crippen molar-refractivity contribution >= 4 is 11.8 Å². The highest BCUT2D eigenvalue weighted by Gasteiger charge is 2.32. The Labute approximate surface area is 162 Å². The van der Waals surface area contributed by atoms with Crippen LogP contribution in [0.25, 0.3) is 5.82 Å². The minimum atomic E-state index is -0.695. The zero-order chi connectivity index (χ0) is 19.7. The van der Waals surface area contributed by atoms with Crippen molar-refractivity contribution in [2.45, 2.75) is 39.0 Å². The number of anilines is 2. The first-order valence-electron chi connectivity index (χ1n) is 9.25. The topological polar surface area (TPSA) is 109 Å². The molecular formula is C18H23N9O. The molecule has 1 aliphatic heterocycles. The molecule has 146 valence electrons. The molecule has 0 spiro atoms. The normalized spacial score (nSPS) is 21.0. The lowest BCUT2D eigenvalue weighted by Gasteiger charge is -2.45. The summed E-state index contributed by atoms with van der Waals surface area (Å²) in [5.74, 6) is 2.60. The number of piperazine rings is 1. The fraction of sp³-hybridized carbons (Fsp3) is 0.444. The Balaban J connectivity index is 1.56.